The number of rotatable bonds is 3. The Kier molecular flexibility index (Phi) is 4.76. The lowest BCUT2D eigenvalue weighted by Gasteiger charge is -2.34. The van der Waals surface area contributed by atoms with Crippen molar-refractivity contribution in [1.82, 2.24) is 4.98 Å². The molecule has 146 valence electrons. The minimum Gasteiger partial charge on any atom is -0.378 e. The lowest BCUT2D eigenvalue weighted by molar-refractivity contribution is 0.257. The highest BCUT2D eigenvalue weighted by atomic mass is 32.2. The normalized spacial score (nSPS) is 27.1. The summed E-state index contributed by atoms with van der Waals surface area (Å²) in [7, 11) is 0. The summed E-state index contributed by atoms with van der Waals surface area (Å²) >= 11 is 1.10. The van der Waals surface area contributed by atoms with E-state index in [4.69, 9.17) is 11.0 Å². The zero-order valence-corrected chi connectivity index (χ0v) is 15.9. The lowest BCUT2D eigenvalue weighted by atomic mass is 9.84. The number of aromatic nitrogens is 1. The molecule has 4 rings (SSSR count). The van der Waals surface area contributed by atoms with Crippen LogP contribution in [0.3, 0.4) is 0 Å². The van der Waals surface area contributed by atoms with Gasteiger partial charge in [0.2, 0.25) is 0 Å². The Morgan fingerprint density at radius 1 is 1.17 bits per heavy atom. The van der Waals surface area contributed by atoms with Crippen molar-refractivity contribution in [1.29, 1.82) is 5.26 Å². The Morgan fingerprint density at radius 3 is 2.62 bits per heavy atom. The van der Waals surface area contributed by atoms with Gasteiger partial charge >= 0.3 is 0 Å². The van der Waals surface area contributed by atoms with Gasteiger partial charge in [-0.3, -0.25) is 0 Å². The van der Waals surface area contributed by atoms with Gasteiger partial charge in [-0.05, 0) is 42.7 Å². The smallest absolute Gasteiger partial charge is 0.155 e. The minimum atomic E-state index is -1.55. The van der Waals surface area contributed by atoms with Crippen molar-refractivity contribution in [2.24, 2.45) is 16.6 Å². The van der Waals surface area contributed by atoms with Gasteiger partial charge in [0.05, 0.1) is 10.3 Å². The van der Waals surface area contributed by atoms with Crippen LogP contribution >= 0.6 is 11.8 Å². The highest BCUT2D eigenvalue weighted by molar-refractivity contribution is 8.15. The molecule has 1 aliphatic carbocycles. The van der Waals surface area contributed by atoms with E-state index in [0.29, 0.717) is 23.2 Å². The Balaban J connectivity index is 1.73. The molecule has 2 aliphatic rings. The summed E-state index contributed by atoms with van der Waals surface area (Å²) in [5, 5.41) is 8.87. The highest BCUT2D eigenvalue weighted by Crippen LogP contribution is 2.66. The van der Waals surface area contributed by atoms with Crippen molar-refractivity contribution < 1.29 is 13.2 Å². The van der Waals surface area contributed by atoms with Crippen LogP contribution in [0, 0.1) is 34.9 Å². The molecule has 1 aliphatic heterocycles. The van der Waals surface area contributed by atoms with Gasteiger partial charge in [0.1, 0.15) is 36.5 Å². The Labute approximate surface area is 170 Å². The molecule has 2 N–H and O–H groups in total. The van der Waals surface area contributed by atoms with E-state index in [-0.39, 0.29) is 10.7 Å². The van der Waals surface area contributed by atoms with E-state index in [1.165, 1.54) is 24.4 Å². The zero-order valence-electron chi connectivity index (χ0n) is 15.1. The highest BCUT2D eigenvalue weighted by Gasteiger charge is 2.68. The standard InChI is InChI=1S/C21H15F3N4S/c22-11-20-8-18(20)21(12-23,28-19(26)29-20)16-7-13(3-6-17(16)24)1-4-15-5-2-14(9-25)10-27-15/h2-3,5-7,10,18H,8,11-12H2,(H2,26,28)/t18-,20-,21-/m1/s1. The van der Waals surface area contributed by atoms with Crippen molar-refractivity contribution >= 4 is 16.9 Å². The zero-order chi connectivity index (χ0) is 20.6. The summed E-state index contributed by atoms with van der Waals surface area (Å²) in [4.78, 5) is 8.30. The number of pyridine rings is 1. The predicted octanol–water partition coefficient (Wildman–Crippen LogP) is 3.45. The van der Waals surface area contributed by atoms with Crippen molar-refractivity contribution in [3.63, 3.8) is 0 Å². The first-order valence-electron chi connectivity index (χ1n) is 8.81. The topological polar surface area (TPSA) is 75.1 Å². The molecule has 8 heteroatoms. The molecule has 1 aromatic carbocycles. The number of hydrogen-bond acceptors (Lipinski definition) is 5. The average Bonchev–Trinajstić information content (AvgIpc) is 3.48. The van der Waals surface area contributed by atoms with E-state index < -0.39 is 35.4 Å². The van der Waals surface area contributed by atoms with Crippen LogP contribution in [0.2, 0.25) is 0 Å². The lowest BCUT2D eigenvalue weighted by Crippen LogP contribution is -2.40. The van der Waals surface area contributed by atoms with Gasteiger partial charge in [0.25, 0.3) is 0 Å². The van der Waals surface area contributed by atoms with Crippen LogP contribution in [-0.2, 0) is 5.54 Å². The maximum atomic E-state index is 14.7. The molecule has 0 spiro atoms. The van der Waals surface area contributed by atoms with E-state index in [1.54, 1.807) is 12.1 Å². The Morgan fingerprint density at radius 2 is 1.97 bits per heavy atom. The Hall–Kier alpha value is -2.97. The van der Waals surface area contributed by atoms with Gasteiger partial charge in [0, 0.05) is 23.2 Å². The van der Waals surface area contributed by atoms with Crippen molar-refractivity contribution in [2.75, 3.05) is 13.3 Å². The second-order valence-electron chi connectivity index (χ2n) is 7.05. The molecule has 1 aromatic heterocycles. The minimum absolute atomic E-state index is 0.0307. The first-order valence-corrected chi connectivity index (χ1v) is 9.62. The predicted molar refractivity (Wildman–Crippen MR) is 105 cm³/mol. The third-order valence-electron chi connectivity index (χ3n) is 5.31. The van der Waals surface area contributed by atoms with E-state index in [0.717, 1.165) is 11.8 Å². The number of thioether (sulfide) groups is 1. The largest absolute Gasteiger partial charge is 0.378 e. The molecule has 4 nitrogen and oxygen atoms in total. The van der Waals surface area contributed by atoms with Gasteiger partial charge < -0.3 is 5.73 Å². The van der Waals surface area contributed by atoms with Gasteiger partial charge in [-0.2, -0.15) is 5.26 Å². The summed E-state index contributed by atoms with van der Waals surface area (Å²) < 4.78 is 41.8. The third-order valence-corrected chi connectivity index (χ3v) is 6.58. The molecule has 0 amide bonds. The van der Waals surface area contributed by atoms with Gasteiger partial charge in [0.15, 0.2) is 5.17 Å². The second-order valence-corrected chi connectivity index (χ2v) is 8.49. The SMILES string of the molecule is N#Cc1ccc(C#Cc2ccc(F)c([C@@]3(CF)N=C(N)S[C@@]4(CF)C[C@H]43)c2)nc1. The third kappa shape index (κ3) is 3.24. The average molecular weight is 412 g/mol. The molecular weight excluding hydrogens is 397 g/mol. The molecule has 3 atom stereocenters. The molecule has 2 heterocycles. The molecule has 1 fully saturated rings. The van der Waals surface area contributed by atoms with Crippen LogP contribution < -0.4 is 5.73 Å². The number of fused-ring (bicyclic) bond motifs is 1. The number of nitrogens with two attached hydrogens (primary N) is 1. The maximum absolute atomic E-state index is 14.7. The Bertz CT molecular complexity index is 1100. The number of hydrogen-bond donors (Lipinski definition) is 1. The number of nitriles is 1. The molecular formula is C21H15F3N4S. The van der Waals surface area contributed by atoms with Gasteiger partial charge in [-0.25, -0.2) is 23.1 Å². The van der Waals surface area contributed by atoms with E-state index >= 15 is 0 Å². The van der Waals surface area contributed by atoms with Crippen molar-refractivity contribution in [3.8, 4) is 17.9 Å². The maximum Gasteiger partial charge on any atom is 0.155 e. The quantitative estimate of drug-likeness (QED) is 0.784. The van der Waals surface area contributed by atoms with Crippen LogP contribution in [-0.4, -0.2) is 28.2 Å². The molecule has 0 bridgehead atoms. The van der Waals surface area contributed by atoms with E-state index in [1.807, 2.05) is 6.07 Å². The number of nitrogens with zero attached hydrogens (tertiary/aromatic N) is 3. The fourth-order valence-corrected chi connectivity index (χ4v) is 5.00. The van der Waals surface area contributed by atoms with Crippen LogP contribution in [0.15, 0.2) is 41.5 Å². The number of alkyl halides is 2. The molecule has 2 aromatic rings. The van der Waals surface area contributed by atoms with Gasteiger partial charge in [-0.1, -0.05) is 17.7 Å². The van der Waals surface area contributed by atoms with Gasteiger partial charge in [-0.15, -0.1) is 0 Å². The number of amidine groups is 1. The first kappa shape index (κ1) is 19.4. The van der Waals surface area contributed by atoms with E-state index in [2.05, 4.69) is 21.8 Å². The fraction of sp³-hybridized carbons (Fsp3) is 0.286. The monoisotopic (exact) mass is 412 g/mol. The first-order chi connectivity index (χ1) is 14.0. The molecule has 0 unspecified atom stereocenters. The van der Waals surface area contributed by atoms with Crippen molar-refractivity contribution in [2.45, 2.75) is 16.7 Å². The van der Waals surface area contributed by atoms with Crippen molar-refractivity contribution in [3.05, 3.63) is 64.7 Å². The summed E-state index contributed by atoms with van der Waals surface area (Å²) in [6.45, 7) is -1.66. The molecule has 1 saturated carbocycles. The summed E-state index contributed by atoms with van der Waals surface area (Å²) in [5.74, 6) is 4.59. The summed E-state index contributed by atoms with van der Waals surface area (Å²) in [6, 6.07) is 9.28. The number of halogens is 3. The van der Waals surface area contributed by atoms with Crippen LogP contribution in [0.4, 0.5) is 13.2 Å². The molecule has 29 heavy (non-hydrogen) atoms. The summed E-state index contributed by atoms with van der Waals surface area (Å²) in [6.07, 6.45) is 1.78. The fourth-order valence-electron chi connectivity index (χ4n) is 3.73. The molecule has 0 saturated heterocycles. The van der Waals surface area contributed by atoms with Crippen LogP contribution in [0.1, 0.15) is 28.8 Å². The number of aliphatic imine (C=N–C) groups is 1. The van der Waals surface area contributed by atoms with Crippen LogP contribution in [0.25, 0.3) is 0 Å². The van der Waals surface area contributed by atoms with Crippen LogP contribution in [0.5, 0.6) is 0 Å². The second kappa shape index (κ2) is 7.13. The number of benzene rings is 1. The molecule has 0 radical (unpaired) electrons. The summed E-state index contributed by atoms with van der Waals surface area (Å²) in [5.41, 5.74) is 5.62. The van der Waals surface area contributed by atoms with E-state index in [9.17, 15) is 13.2 Å².